The zero-order valence-electron chi connectivity index (χ0n) is 17.4. The summed E-state index contributed by atoms with van der Waals surface area (Å²) in [6, 6.07) is 14.2. The number of likely N-dealkylation sites (N-methyl/N-ethyl adjacent to an activating group) is 1. The number of amides is 1. The average molecular weight is 414 g/mol. The Kier molecular flexibility index (Phi) is 7.98. The number of hydrogen-bond acceptors (Lipinski definition) is 8. The van der Waals surface area contributed by atoms with E-state index in [9.17, 15) is 4.79 Å². The quantitative estimate of drug-likeness (QED) is 0.187. The van der Waals surface area contributed by atoms with E-state index in [1.807, 2.05) is 18.2 Å². The number of anilines is 1. The van der Waals surface area contributed by atoms with Crippen molar-refractivity contribution < 1.29 is 19.1 Å². The minimum absolute atomic E-state index is 0.00594. The van der Waals surface area contributed by atoms with Crippen LogP contribution in [0.1, 0.15) is 18.2 Å². The monoisotopic (exact) mass is 414 g/mol. The molecule has 1 heterocycles. The van der Waals surface area contributed by atoms with E-state index in [0.29, 0.717) is 17.1 Å². The zero-order chi connectivity index (χ0) is 22.1. The number of amidine groups is 1. The highest BCUT2D eigenvalue weighted by molar-refractivity contribution is 6.46. The highest BCUT2D eigenvalue weighted by Gasteiger charge is 2.33. The van der Waals surface area contributed by atoms with E-state index < -0.39 is 11.7 Å². The highest BCUT2D eigenvalue weighted by Crippen LogP contribution is 2.14. The van der Waals surface area contributed by atoms with Gasteiger partial charge in [-0.25, -0.2) is 10.8 Å². The standard InChI is InChI=1S/C20H26N6O4/c1-20(28-3,29-4)19(27)24-16-12-8-11-15(23-16)13-30-25-17(18(21)26(2)22)14-9-6-5-7-10-14/h5-12,21H,13,22H2,1-4H3,(H,23,24,27)/b21-18?,25-17-. The van der Waals surface area contributed by atoms with E-state index in [1.165, 1.54) is 21.1 Å². The summed E-state index contributed by atoms with van der Waals surface area (Å²) in [5.41, 5.74) is 1.49. The number of aromatic nitrogens is 1. The summed E-state index contributed by atoms with van der Waals surface area (Å²) in [7, 11) is 4.29. The van der Waals surface area contributed by atoms with Gasteiger partial charge in [-0.15, -0.1) is 0 Å². The van der Waals surface area contributed by atoms with Crippen LogP contribution in [0.4, 0.5) is 5.82 Å². The van der Waals surface area contributed by atoms with Gasteiger partial charge < -0.3 is 19.6 Å². The number of pyridine rings is 1. The molecule has 2 aromatic rings. The average Bonchev–Trinajstić information content (AvgIpc) is 2.76. The van der Waals surface area contributed by atoms with Gasteiger partial charge in [0.15, 0.2) is 18.2 Å². The lowest BCUT2D eigenvalue weighted by Crippen LogP contribution is -2.43. The number of hydrogen-bond donors (Lipinski definition) is 3. The lowest BCUT2D eigenvalue weighted by Gasteiger charge is -2.24. The molecule has 0 saturated carbocycles. The Hall–Kier alpha value is -3.34. The second kappa shape index (κ2) is 10.4. The number of nitrogens with one attached hydrogen (secondary N) is 2. The molecule has 0 aliphatic carbocycles. The number of hydrazine groups is 1. The number of nitrogens with two attached hydrogens (primary N) is 1. The van der Waals surface area contributed by atoms with Crippen LogP contribution in [0, 0.1) is 5.41 Å². The van der Waals surface area contributed by atoms with Crippen molar-refractivity contribution >= 4 is 23.3 Å². The Bertz CT molecular complexity index is 897. The third-order valence-corrected chi connectivity index (χ3v) is 4.23. The highest BCUT2D eigenvalue weighted by atomic mass is 16.7. The van der Waals surface area contributed by atoms with Crippen molar-refractivity contribution in [3.63, 3.8) is 0 Å². The van der Waals surface area contributed by atoms with Crippen LogP contribution in [0.2, 0.25) is 0 Å². The van der Waals surface area contributed by atoms with Gasteiger partial charge in [-0.3, -0.25) is 15.2 Å². The first-order valence-corrected chi connectivity index (χ1v) is 9.01. The molecule has 4 N–H and O–H groups in total. The molecule has 160 valence electrons. The Morgan fingerprint density at radius 3 is 2.47 bits per heavy atom. The lowest BCUT2D eigenvalue weighted by atomic mass is 10.1. The molecule has 30 heavy (non-hydrogen) atoms. The summed E-state index contributed by atoms with van der Waals surface area (Å²) in [6.07, 6.45) is 0. The van der Waals surface area contributed by atoms with E-state index in [0.717, 1.165) is 5.01 Å². The molecular formula is C20H26N6O4. The van der Waals surface area contributed by atoms with Gasteiger partial charge in [0, 0.05) is 26.8 Å². The maximum absolute atomic E-state index is 12.3. The van der Waals surface area contributed by atoms with Crippen molar-refractivity contribution in [1.29, 1.82) is 5.41 Å². The van der Waals surface area contributed by atoms with E-state index in [-0.39, 0.29) is 18.2 Å². The van der Waals surface area contributed by atoms with Crippen LogP contribution in [0.5, 0.6) is 0 Å². The molecule has 10 nitrogen and oxygen atoms in total. The van der Waals surface area contributed by atoms with Crippen LogP contribution in [0.25, 0.3) is 0 Å². The fourth-order valence-corrected chi connectivity index (χ4v) is 2.29. The molecule has 10 heteroatoms. The summed E-state index contributed by atoms with van der Waals surface area (Å²) in [5.74, 6) is 4.05. The van der Waals surface area contributed by atoms with Gasteiger partial charge in [0.05, 0.1) is 5.69 Å². The maximum Gasteiger partial charge on any atom is 0.285 e. The van der Waals surface area contributed by atoms with Crippen molar-refractivity contribution in [2.75, 3.05) is 26.6 Å². The van der Waals surface area contributed by atoms with Crippen molar-refractivity contribution in [3.8, 4) is 0 Å². The number of ether oxygens (including phenoxy) is 2. The minimum atomic E-state index is -1.43. The first-order valence-electron chi connectivity index (χ1n) is 9.01. The summed E-state index contributed by atoms with van der Waals surface area (Å²) in [5, 5.41) is 16.0. The molecule has 1 aromatic heterocycles. The van der Waals surface area contributed by atoms with Crippen LogP contribution in [0.15, 0.2) is 53.7 Å². The molecule has 0 fully saturated rings. The van der Waals surface area contributed by atoms with Crippen LogP contribution >= 0.6 is 0 Å². The zero-order valence-corrected chi connectivity index (χ0v) is 17.4. The molecule has 0 atom stereocenters. The third kappa shape index (κ3) is 5.83. The molecule has 2 rings (SSSR count). The normalized spacial score (nSPS) is 11.7. The molecular weight excluding hydrogens is 388 g/mol. The Labute approximate surface area is 175 Å². The van der Waals surface area contributed by atoms with E-state index in [2.05, 4.69) is 15.5 Å². The van der Waals surface area contributed by atoms with Crippen LogP contribution < -0.4 is 11.2 Å². The number of rotatable bonds is 9. The van der Waals surface area contributed by atoms with Gasteiger partial charge in [-0.1, -0.05) is 41.6 Å². The van der Waals surface area contributed by atoms with Crippen LogP contribution in [-0.2, 0) is 25.7 Å². The molecule has 0 bridgehead atoms. The summed E-state index contributed by atoms with van der Waals surface area (Å²) in [4.78, 5) is 22.0. The molecule has 0 aliphatic heterocycles. The summed E-state index contributed by atoms with van der Waals surface area (Å²) in [6.45, 7) is 1.52. The van der Waals surface area contributed by atoms with E-state index in [1.54, 1.807) is 37.4 Å². The lowest BCUT2D eigenvalue weighted by molar-refractivity contribution is -0.196. The van der Waals surface area contributed by atoms with Gasteiger partial charge in [-0.2, -0.15) is 0 Å². The summed E-state index contributed by atoms with van der Waals surface area (Å²) < 4.78 is 10.2. The summed E-state index contributed by atoms with van der Waals surface area (Å²) >= 11 is 0. The van der Waals surface area contributed by atoms with Gasteiger partial charge in [0.2, 0.25) is 5.79 Å². The Morgan fingerprint density at radius 1 is 1.20 bits per heavy atom. The number of benzene rings is 1. The first kappa shape index (κ1) is 22.9. The molecule has 1 amide bonds. The maximum atomic E-state index is 12.3. The number of methoxy groups -OCH3 is 2. The van der Waals surface area contributed by atoms with Crippen LogP contribution in [-0.4, -0.2) is 54.5 Å². The van der Waals surface area contributed by atoms with Crippen molar-refractivity contribution in [3.05, 3.63) is 59.8 Å². The minimum Gasteiger partial charge on any atom is -0.389 e. The number of nitrogens with zero attached hydrogens (tertiary/aromatic N) is 3. The number of oxime groups is 1. The second-order valence-electron chi connectivity index (χ2n) is 6.36. The Morgan fingerprint density at radius 2 is 1.87 bits per heavy atom. The van der Waals surface area contributed by atoms with E-state index >= 15 is 0 Å². The smallest absolute Gasteiger partial charge is 0.285 e. The SMILES string of the molecule is COC(C)(OC)C(=O)Nc1cccc(CO/N=C(\C(=N)N(C)N)c2ccccc2)n1. The molecule has 0 saturated heterocycles. The number of carbonyl (C=O) groups excluding carboxylic acids is 1. The fraction of sp³-hybridized carbons (Fsp3) is 0.300. The van der Waals surface area contributed by atoms with Gasteiger partial charge in [-0.05, 0) is 19.1 Å². The third-order valence-electron chi connectivity index (χ3n) is 4.23. The number of carbonyl (C=O) groups is 1. The van der Waals surface area contributed by atoms with Gasteiger partial charge in [0.25, 0.3) is 5.91 Å². The predicted octanol–water partition coefficient (Wildman–Crippen LogP) is 1.73. The van der Waals surface area contributed by atoms with Gasteiger partial charge >= 0.3 is 0 Å². The van der Waals surface area contributed by atoms with Crippen molar-refractivity contribution in [2.45, 2.75) is 19.3 Å². The van der Waals surface area contributed by atoms with Crippen LogP contribution in [0.3, 0.4) is 0 Å². The topological polar surface area (TPSA) is 135 Å². The van der Waals surface area contributed by atoms with E-state index in [4.69, 9.17) is 25.6 Å². The molecule has 0 radical (unpaired) electrons. The van der Waals surface area contributed by atoms with Crippen molar-refractivity contribution in [1.82, 2.24) is 9.99 Å². The second-order valence-corrected chi connectivity index (χ2v) is 6.36. The molecule has 0 unspecified atom stereocenters. The van der Waals surface area contributed by atoms with Crippen molar-refractivity contribution in [2.24, 2.45) is 11.0 Å². The molecule has 1 aromatic carbocycles. The molecule has 0 aliphatic rings. The first-order chi connectivity index (χ1) is 14.3. The predicted molar refractivity (Wildman–Crippen MR) is 113 cm³/mol. The Balaban J connectivity index is 2.12. The largest absolute Gasteiger partial charge is 0.389 e. The van der Waals surface area contributed by atoms with Gasteiger partial charge in [0.1, 0.15) is 5.82 Å². The molecule has 0 spiro atoms. The fourth-order valence-electron chi connectivity index (χ4n) is 2.29.